The van der Waals surface area contributed by atoms with Crippen LogP contribution in [0.2, 0.25) is 0 Å². The molecule has 2 aromatic carbocycles. The number of hydrogen-bond donors (Lipinski definition) is 0. The summed E-state index contributed by atoms with van der Waals surface area (Å²) in [4.78, 5) is 28.5. The maximum absolute atomic E-state index is 13.2. The summed E-state index contributed by atoms with van der Waals surface area (Å²) in [5.74, 6) is 0.00421. The Bertz CT molecular complexity index is 1150. The Morgan fingerprint density at radius 1 is 1.03 bits per heavy atom. The highest BCUT2D eigenvalue weighted by Gasteiger charge is 2.29. The molecule has 0 spiro atoms. The zero-order valence-electron chi connectivity index (χ0n) is 18.8. The van der Waals surface area contributed by atoms with Crippen LogP contribution in [-0.2, 0) is 4.74 Å². The van der Waals surface area contributed by atoms with Crippen LogP contribution in [0.4, 0.5) is 0 Å². The molecular formula is C26H30ClNO4. The lowest BCUT2D eigenvalue weighted by Crippen LogP contribution is -2.44. The number of nitrogens with zero attached hydrogens (tertiary/aromatic N) is 1. The number of fused-ring (bicyclic) bond motifs is 1. The number of benzene rings is 2. The Kier molecular flexibility index (Phi) is 7.42. The van der Waals surface area contributed by atoms with Crippen molar-refractivity contribution in [1.29, 1.82) is 0 Å². The maximum Gasteiger partial charge on any atom is 0.342 e. The summed E-state index contributed by atoms with van der Waals surface area (Å²) in [5.41, 5.74) is 1.09. The zero-order chi connectivity index (χ0) is 22.0. The van der Waals surface area contributed by atoms with Gasteiger partial charge in [0, 0.05) is 17.7 Å². The lowest BCUT2D eigenvalue weighted by atomic mass is 10.0. The van der Waals surface area contributed by atoms with Gasteiger partial charge in [-0.15, -0.1) is 12.4 Å². The molecule has 0 bridgehead atoms. The van der Waals surface area contributed by atoms with Crippen molar-refractivity contribution in [2.75, 3.05) is 19.6 Å². The van der Waals surface area contributed by atoms with Gasteiger partial charge in [0.2, 0.25) is 0 Å². The number of rotatable bonds is 5. The quantitative estimate of drug-likeness (QED) is 0.468. The molecule has 1 fully saturated rings. The van der Waals surface area contributed by atoms with Crippen molar-refractivity contribution in [3.63, 3.8) is 0 Å². The van der Waals surface area contributed by atoms with Crippen molar-refractivity contribution in [2.24, 2.45) is 0 Å². The summed E-state index contributed by atoms with van der Waals surface area (Å²) in [6.45, 7) is 8.36. The topological polar surface area (TPSA) is 59.8 Å². The van der Waals surface area contributed by atoms with E-state index in [1.54, 1.807) is 25.1 Å². The summed E-state index contributed by atoms with van der Waals surface area (Å²) in [6, 6.07) is 14.5. The fraction of sp³-hybridized carbons (Fsp3) is 0.385. The largest absolute Gasteiger partial charge is 0.455 e. The summed E-state index contributed by atoms with van der Waals surface area (Å²) in [7, 11) is 0. The average molecular weight is 456 g/mol. The molecule has 0 atom stereocenters. The number of esters is 1. The van der Waals surface area contributed by atoms with E-state index >= 15 is 0 Å². The van der Waals surface area contributed by atoms with Gasteiger partial charge in [-0.2, -0.15) is 0 Å². The Hall–Kier alpha value is -2.63. The van der Waals surface area contributed by atoms with E-state index in [-0.39, 0.29) is 29.0 Å². The lowest BCUT2D eigenvalue weighted by molar-refractivity contribution is -0.0187. The van der Waals surface area contributed by atoms with Crippen molar-refractivity contribution in [3.05, 3.63) is 69.9 Å². The number of halogens is 1. The maximum atomic E-state index is 13.2. The highest BCUT2D eigenvalue weighted by Crippen LogP contribution is 2.28. The molecule has 1 aromatic heterocycles. The van der Waals surface area contributed by atoms with Crippen molar-refractivity contribution >= 4 is 29.3 Å². The van der Waals surface area contributed by atoms with Crippen LogP contribution < -0.4 is 5.43 Å². The molecule has 5 nitrogen and oxygen atoms in total. The third-order valence-corrected chi connectivity index (χ3v) is 5.82. The smallest absolute Gasteiger partial charge is 0.342 e. The number of para-hydroxylation sites is 1. The number of ether oxygens (including phenoxy) is 1. The third kappa shape index (κ3) is 5.05. The highest BCUT2D eigenvalue weighted by atomic mass is 35.5. The second-order valence-corrected chi connectivity index (χ2v) is 8.92. The van der Waals surface area contributed by atoms with Gasteiger partial charge in [-0.05, 0) is 58.8 Å². The minimum Gasteiger partial charge on any atom is -0.455 e. The van der Waals surface area contributed by atoms with Crippen molar-refractivity contribution < 1.29 is 13.9 Å². The first-order valence-corrected chi connectivity index (χ1v) is 10.9. The van der Waals surface area contributed by atoms with Crippen LogP contribution in [0, 0.1) is 6.92 Å². The van der Waals surface area contributed by atoms with Crippen LogP contribution in [0.3, 0.4) is 0 Å². The minimum absolute atomic E-state index is 0. The fourth-order valence-corrected chi connectivity index (χ4v) is 4.33. The van der Waals surface area contributed by atoms with Gasteiger partial charge in [0.1, 0.15) is 16.9 Å². The Morgan fingerprint density at radius 3 is 2.41 bits per heavy atom. The number of likely N-dealkylation sites (tertiary alicyclic amines) is 1. The van der Waals surface area contributed by atoms with Crippen molar-refractivity contribution in [1.82, 2.24) is 4.90 Å². The van der Waals surface area contributed by atoms with E-state index < -0.39 is 11.6 Å². The molecule has 2 heterocycles. The van der Waals surface area contributed by atoms with Crippen molar-refractivity contribution in [3.8, 4) is 11.3 Å². The zero-order valence-corrected chi connectivity index (χ0v) is 19.7. The van der Waals surface area contributed by atoms with Gasteiger partial charge >= 0.3 is 5.97 Å². The van der Waals surface area contributed by atoms with Crippen LogP contribution in [0.5, 0.6) is 0 Å². The van der Waals surface area contributed by atoms with Crippen molar-refractivity contribution in [2.45, 2.75) is 45.6 Å². The Balaban J connectivity index is 0.00000289. The molecule has 1 aliphatic rings. The van der Waals surface area contributed by atoms with E-state index in [0.29, 0.717) is 23.3 Å². The predicted octanol–water partition coefficient (Wildman–Crippen LogP) is 5.61. The number of hydrogen-bond acceptors (Lipinski definition) is 5. The Morgan fingerprint density at radius 2 is 1.72 bits per heavy atom. The molecule has 1 saturated heterocycles. The minimum atomic E-state index is -0.649. The van der Waals surface area contributed by atoms with Gasteiger partial charge in [-0.25, -0.2) is 4.79 Å². The first kappa shape index (κ1) is 24.0. The standard InChI is InChI=1S/C26H29NO4.ClH/c1-18-22(28)20-13-10-14-21(24(20)30-23(18)19-11-6-4-7-12-19)25(29)31-26(2,3)17-27-15-8-5-9-16-27;/h4,6-7,10-14H,5,8-9,15-17H2,1-3H3;1H. The average Bonchev–Trinajstić information content (AvgIpc) is 2.76. The van der Waals surface area contributed by atoms with E-state index in [1.807, 2.05) is 44.2 Å². The molecule has 0 radical (unpaired) electrons. The van der Waals surface area contributed by atoms with E-state index in [0.717, 1.165) is 18.7 Å². The van der Waals surface area contributed by atoms with Crippen LogP contribution in [-0.4, -0.2) is 36.1 Å². The van der Waals surface area contributed by atoms with Crippen LogP contribution in [0.1, 0.15) is 49.0 Å². The van der Waals surface area contributed by atoms with Crippen LogP contribution in [0.25, 0.3) is 22.3 Å². The van der Waals surface area contributed by atoms with E-state index in [4.69, 9.17) is 9.15 Å². The molecular weight excluding hydrogens is 426 g/mol. The molecule has 170 valence electrons. The van der Waals surface area contributed by atoms with E-state index in [9.17, 15) is 9.59 Å². The first-order valence-electron chi connectivity index (χ1n) is 10.9. The number of carbonyl (C=O) groups excluding carboxylic acids is 1. The van der Waals surface area contributed by atoms with Crippen LogP contribution >= 0.6 is 12.4 Å². The van der Waals surface area contributed by atoms with Gasteiger partial charge in [0.15, 0.2) is 11.0 Å². The summed E-state index contributed by atoms with van der Waals surface area (Å²) < 4.78 is 12.1. The molecule has 32 heavy (non-hydrogen) atoms. The van der Waals surface area contributed by atoms with Gasteiger partial charge in [-0.1, -0.05) is 42.8 Å². The molecule has 0 aliphatic carbocycles. The van der Waals surface area contributed by atoms with E-state index in [1.165, 1.54) is 19.3 Å². The monoisotopic (exact) mass is 455 g/mol. The first-order chi connectivity index (χ1) is 14.9. The molecule has 4 rings (SSSR count). The molecule has 3 aromatic rings. The molecule has 0 amide bonds. The fourth-order valence-electron chi connectivity index (χ4n) is 4.33. The summed E-state index contributed by atoms with van der Waals surface area (Å²) in [5, 5.41) is 0.389. The molecule has 0 saturated carbocycles. The third-order valence-electron chi connectivity index (χ3n) is 5.82. The molecule has 1 aliphatic heterocycles. The predicted molar refractivity (Wildman–Crippen MR) is 130 cm³/mol. The lowest BCUT2D eigenvalue weighted by Gasteiger charge is -2.34. The highest BCUT2D eigenvalue weighted by molar-refractivity contribution is 6.02. The molecule has 0 N–H and O–H groups in total. The molecule has 6 heteroatoms. The van der Waals surface area contributed by atoms with Gasteiger partial charge in [-0.3, -0.25) is 9.69 Å². The Labute approximate surface area is 194 Å². The molecule has 0 unspecified atom stereocenters. The number of carbonyl (C=O) groups is 1. The van der Waals surface area contributed by atoms with Crippen LogP contribution in [0.15, 0.2) is 57.7 Å². The second kappa shape index (κ2) is 9.88. The normalized spacial score (nSPS) is 14.7. The summed E-state index contributed by atoms with van der Waals surface area (Å²) in [6.07, 6.45) is 3.62. The van der Waals surface area contributed by atoms with E-state index in [2.05, 4.69) is 4.90 Å². The summed E-state index contributed by atoms with van der Waals surface area (Å²) >= 11 is 0. The van der Waals surface area contributed by atoms with Gasteiger partial charge in [0.25, 0.3) is 0 Å². The van der Waals surface area contributed by atoms with Gasteiger partial charge in [0.05, 0.1) is 5.39 Å². The number of piperidine rings is 1. The second-order valence-electron chi connectivity index (χ2n) is 8.92. The SMILES string of the molecule is Cc1c(-c2ccccc2)oc2c(C(=O)OC(C)(C)CN3CCCCC3)cccc2c1=O.Cl. The van der Waals surface area contributed by atoms with Gasteiger partial charge < -0.3 is 9.15 Å².